The molecule has 0 aliphatic heterocycles. The van der Waals surface area contributed by atoms with Crippen molar-refractivity contribution in [2.24, 2.45) is 5.41 Å². The predicted octanol–water partition coefficient (Wildman–Crippen LogP) is 2.21. The third kappa shape index (κ3) is 3.07. The summed E-state index contributed by atoms with van der Waals surface area (Å²) >= 11 is 0. The highest BCUT2D eigenvalue weighted by atomic mass is 16.5. The van der Waals surface area contributed by atoms with Crippen molar-refractivity contribution in [3.63, 3.8) is 0 Å². The van der Waals surface area contributed by atoms with Gasteiger partial charge in [0.25, 0.3) is 0 Å². The molecule has 4 heteroatoms. The summed E-state index contributed by atoms with van der Waals surface area (Å²) in [4.78, 5) is 11.1. The van der Waals surface area contributed by atoms with Crippen LogP contribution in [0.5, 0.6) is 5.75 Å². The lowest BCUT2D eigenvalue weighted by Gasteiger charge is -2.13. The maximum atomic E-state index is 11.1. The Kier molecular flexibility index (Phi) is 4.10. The van der Waals surface area contributed by atoms with E-state index in [-0.39, 0.29) is 0 Å². The van der Waals surface area contributed by atoms with E-state index in [0.717, 1.165) is 25.0 Å². The van der Waals surface area contributed by atoms with Crippen molar-refractivity contribution in [1.82, 2.24) is 5.32 Å². The number of hydrogen-bond acceptors (Lipinski definition) is 3. The van der Waals surface area contributed by atoms with Gasteiger partial charge in [0.1, 0.15) is 5.75 Å². The molecule has 2 N–H and O–H groups in total. The number of nitrogens with one attached hydrogen (secondary N) is 1. The molecule has 1 fully saturated rings. The van der Waals surface area contributed by atoms with Gasteiger partial charge in [0.15, 0.2) is 0 Å². The number of ether oxygens (including phenoxy) is 1. The molecule has 0 radical (unpaired) electrons. The van der Waals surface area contributed by atoms with Crippen LogP contribution in [0, 0.1) is 5.41 Å². The zero-order valence-corrected chi connectivity index (χ0v) is 11.5. The van der Waals surface area contributed by atoms with Crippen LogP contribution in [0.3, 0.4) is 0 Å². The van der Waals surface area contributed by atoms with Crippen LogP contribution in [-0.2, 0) is 17.8 Å². The van der Waals surface area contributed by atoms with E-state index in [1.807, 2.05) is 12.1 Å². The van der Waals surface area contributed by atoms with E-state index < -0.39 is 11.4 Å². The highest BCUT2D eigenvalue weighted by Gasteiger charge is 2.49. The van der Waals surface area contributed by atoms with Crippen molar-refractivity contribution in [1.29, 1.82) is 0 Å². The standard InChI is InChI=1S/C15H21NO3/c1-3-12-8-11(4-5-13(12)19-2)9-16-10-15(6-7-15)14(17)18/h4-5,8,16H,3,6-7,9-10H2,1-2H3,(H,17,18). The normalized spacial score (nSPS) is 16.1. The molecule has 0 saturated heterocycles. The summed E-state index contributed by atoms with van der Waals surface area (Å²) in [5, 5.41) is 12.3. The number of aliphatic carboxylic acids is 1. The fraction of sp³-hybridized carbons (Fsp3) is 0.533. The number of carboxylic acid groups (broad SMARTS) is 1. The Balaban J connectivity index is 1.91. The molecule has 0 amide bonds. The first kappa shape index (κ1) is 13.9. The summed E-state index contributed by atoms with van der Waals surface area (Å²) in [6.45, 7) is 3.35. The Hall–Kier alpha value is -1.55. The minimum absolute atomic E-state index is 0.500. The third-order valence-electron chi connectivity index (χ3n) is 3.83. The minimum Gasteiger partial charge on any atom is -0.496 e. The molecule has 2 rings (SSSR count). The first-order chi connectivity index (χ1) is 9.11. The highest BCUT2D eigenvalue weighted by Crippen LogP contribution is 2.45. The molecular weight excluding hydrogens is 242 g/mol. The number of carbonyl (C=O) groups is 1. The Labute approximate surface area is 113 Å². The first-order valence-electron chi connectivity index (χ1n) is 6.71. The minimum atomic E-state index is -0.677. The molecule has 0 bridgehead atoms. The average Bonchev–Trinajstić information content (AvgIpc) is 3.19. The topological polar surface area (TPSA) is 58.6 Å². The summed E-state index contributed by atoms with van der Waals surface area (Å²) < 4.78 is 5.29. The van der Waals surface area contributed by atoms with Crippen LogP contribution in [0.4, 0.5) is 0 Å². The van der Waals surface area contributed by atoms with Gasteiger partial charge in [0.2, 0.25) is 0 Å². The van der Waals surface area contributed by atoms with Gasteiger partial charge in [-0.15, -0.1) is 0 Å². The number of hydrogen-bond donors (Lipinski definition) is 2. The van der Waals surface area contributed by atoms with Crippen molar-refractivity contribution in [2.75, 3.05) is 13.7 Å². The average molecular weight is 263 g/mol. The maximum absolute atomic E-state index is 11.1. The van der Waals surface area contributed by atoms with Gasteiger partial charge in [-0.25, -0.2) is 0 Å². The van der Waals surface area contributed by atoms with E-state index in [2.05, 4.69) is 18.3 Å². The SMILES string of the molecule is CCc1cc(CNCC2(C(=O)O)CC2)ccc1OC. The van der Waals surface area contributed by atoms with Crippen molar-refractivity contribution in [3.8, 4) is 5.75 Å². The Morgan fingerprint density at radius 1 is 1.47 bits per heavy atom. The van der Waals surface area contributed by atoms with E-state index in [1.165, 1.54) is 11.1 Å². The second-order valence-electron chi connectivity index (χ2n) is 5.19. The molecule has 0 atom stereocenters. The number of benzene rings is 1. The number of rotatable bonds is 7. The molecule has 19 heavy (non-hydrogen) atoms. The number of methoxy groups -OCH3 is 1. The largest absolute Gasteiger partial charge is 0.496 e. The zero-order valence-electron chi connectivity index (χ0n) is 11.5. The predicted molar refractivity (Wildman–Crippen MR) is 73.4 cm³/mol. The first-order valence-corrected chi connectivity index (χ1v) is 6.71. The summed E-state index contributed by atoms with van der Waals surface area (Å²) in [6.07, 6.45) is 2.51. The lowest BCUT2D eigenvalue weighted by Crippen LogP contribution is -2.29. The molecule has 1 aliphatic rings. The molecule has 104 valence electrons. The molecule has 1 aliphatic carbocycles. The molecule has 0 unspecified atom stereocenters. The molecule has 0 heterocycles. The van der Waals surface area contributed by atoms with Gasteiger partial charge in [-0.2, -0.15) is 0 Å². The van der Waals surface area contributed by atoms with Crippen LogP contribution in [0.25, 0.3) is 0 Å². The van der Waals surface area contributed by atoms with Crippen LogP contribution in [0.2, 0.25) is 0 Å². The molecule has 1 saturated carbocycles. The Bertz CT molecular complexity index is 466. The van der Waals surface area contributed by atoms with Gasteiger partial charge >= 0.3 is 5.97 Å². The van der Waals surface area contributed by atoms with Crippen molar-refractivity contribution in [2.45, 2.75) is 32.7 Å². The van der Waals surface area contributed by atoms with E-state index in [9.17, 15) is 4.79 Å². The van der Waals surface area contributed by atoms with Crippen LogP contribution in [0.15, 0.2) is 18.2 Å². The molecule has 1 aromatic rings. The highest BCUT2D eigenvalue weighted by molar-refractivity contribution is 5.78. The third-order valence-corrected chi connectivity index (χ3v) is 3.83. The summed E-state index contributed by atoms with van der Waals surface area (Å²) in [6, 6.07) is 6.11. The van der Waals surface area contributed by atoms with Gasteiger partial charge in [-0.1, -0.05) is 19.1 Å². The second-order valence-corrected chi connectivity index (χ2v) is 5.19. The molecule has 4 nitrogen and oxygen atoms in total. The summed E-state index contributed by atoms with van der Waals surface area (Å²) in [5.74, 6) is 0.236. The fourth-order valence-corrected chi connectivity index (χ4v) is 2.28. The maximum Gasteiger partial charge on any atom is 0.310 e. The summed E-state index contributed by atoms with van der Waals surface area (Å²) in [5.41, 5.74) is 1.85. The summed E-state index contributed by atoms with van der Waals surface area (Å²) in [7, 11) is 1.68. The smallest absolute Gasteiger partial charge is 0.310 e. The molecule has 0 aromatic heterocycles. The molecule has 1 aromatic carbocycles. The van der Waals surface area contributed by atoms with E-state index in [1.54, 1.807) is 7.11 Å². The second kappa shape index (κ2) is 5.61. The van der Waals surface area contributed by atoms with Crippen LogP contribution in [0.1, 0.15) is 30.9 Å². The number of aryl methyl sites for hydroxylation is 1. The van der Waals surface area contributed by atoms with Gasteiger partial charge in [-0.05, 0) is 36.5 Å². The van der Waals surface area contributed by atoms with E-state index in [0.29, 0.717) is 13.1 Å². The van der Waals surface area contributed by atoms with Crippen molar-refractivity contribution in [3.05, 3.63) is 29.3 Å². The van der Waals surface area contributed by atoms with Crippen LogP contribution < -0.4 is 10.1 Å². The molecular formula is C15H21NO3. The van der Waals surface area contributed by atoms with E-state index in [4.69, 9.17) is 9.84 Å². The van der Waals surface area contributed by atoms with Crippen molar-refractivity contribution < 1.29 is 14.6 Å². The quantitative estimate of drug-likeness (QED) is 0.792. The molecule has 0 spiro atoms. The fourth-order valence-electron chi connectivity index (χ4n) is 2.28. The van der Waals surface area contributed by atoms with Gasteiger partial charge in [-0.3, -0.25) is 4.79 Å². The van der Waals surface area contributed by atoms with Gasteiger partial charge < -0.3 is 15.2 Å². The monoisotopic (exact) mass is 263 g/mol. The van der Waals surface area contributed by atoms with E-state index >= 15 is 0 Å². The van der Waals surface area contributed by atoms with Gasteiger partial charge in [0, 0.05) is 13.1 Å². The van der Waals surface area contributed by atoms with Crippen LogP contribution in [-0.4, -0.2) is 24.7 Å². The zero-order chi connectivity index (χ0) is 13.9. The lowest BCUT2D eigenvalue weighted by molar-refractivity contribution is -0.143. The number of carboxylic acids is 1. The van der Waals surface area contributed by atoms with Crippen LogP contribution >= 0.6 is 0 Å². The van der Waals surface area contributed by atoms with Gasteiger partial charge in [0.05, 0.1) is 12.5 Å². The lowest BCUT2D eigenvalue weighted by atomic mass is 10.1. The Morgan fingerprint density at radius 3 is 2.74 bits per heavy atom. The van der Waals surface area contributed by atoms with Crippen molar-refractivity contribution >= 4 is 5.97 Å². The Morgan fingerprint density at radius 2 is 2.21 bits per heavy atom.